The third-order valence-electron chi connectivity index (χ3n) is 3.65. The summed E-state index contributed by atoms with van der Waals surface area (Å²) in [7, 11) is 0. The zero-order valence-electron chi connectivity index (χ0n) is 10.0. The molecule has 0 radical (unpaired) electrons. The minimum Gasteiger partial charge on any atom is -0.472 e. The molecule has 17 heavy (non-hydrogen) atoms. The minimum absolute atomic E-state index is 0.0345. The Kier molecular flexibility index (Phi) is 3.92. The SMILES string of the molecule is CC1CCC(CBr)(NC(=O)c2ccoc2)CC1. The van der Waals surface area contributed by atoms with Crippen molar-refractivity contribution < 1.29 is 9.21 Å². The third-order valence-corrected chi connectivity index (χ3v) is 4.72. The monoisotopic (exact) mass is 299 g/mol. The predicted octanol–water partition coefficient (Wildman–Crippen LogP) is 3.35. The first-order chi connectivity index (χ1) is 8.15. The van der Waals surface area contributed by atoms with Gasteiger partial charge in [-0.15, -0.1) is 0 Å². The summed E-state index contributed by atoms with van der Waals surface area (Å²) >= 11 is 3.54. The van der Waals surface area contributed by atoms with Crippen LogP contribution in [0.1, 0.15) is 43.0 Å². The average Bonchev–Trinajstić information content (AvgIpc) is 2.86. The Morgan fingerprint density at radius 2 is 2.29 bits per heavy atom. The lowest BCUT2D eigenvalue weighted by atomic mass is 9.78. The number of amides is 1. The van der Waals surface area contributed by atoms with Gasteiger partial charge in [0, 0.05) is 5.33 Å². The van der Waals surface area contributed by atoms with Gasteiger partial charge in [0.15, 0.2) is 0 Å². The molecule has 1 heterocycles. The summed E-state index contributed by atoms with van der Waals surface area (Å²) in [4.78, 5) is 12.0. The van der Waals surface area contributed by atoms with Gasteiger partial charge in [-0.1, -0.05) is 22.9 Å². The predicted molar refractivity (Wildman–Crippen MR) is 70.3 cm³/mol. The Bertz CT molecular complexity index is 367. The minimum atomic E-state index is -0.0825. The zero-order valence-corrected chi connectivity index (χ0v) is 11.6. The van der Waals surface area contributed by atoms with Gasteiger partial charge in [-0.3, -0.25) is 4.79 Å². The van der Waals surface area contributed by atoms with E-state index >= 15 is 0 Å². The van der Waals surface area contributed by atoms with E-state index < -0.39 is 0 Å². The Hall–Kier alpha value is -0.770. The van der Waals surface area contributed by atoms with Crippen LogP contribution in [0.25, 0.3) is 0 Å². The molecule has 0 bridgehead atoms. The van der Waals surface area contributed by atoms with Crippen LogP contribution < -0.4 is 5.32 Å². The molecule has 1 amide bonds. The van der Waals surface area contributed by atoms with E-state index in [4.69, 9.17) is 4.42 Å². The first-order valence-corrected chi connectivity index (χ1v) is 7.18. The van der Waals surface area contributed by atoms with Crippen molar-refractivity contribution in [3.63, 3.8) is 0 Å². The second kappa shape index (κ2) is 5.25. The van der Waals surface area contributed by atoms with Crippen LogP contribution >= 0.6 is 15.9 Å². The second-order valence-electron chi connectivity index (χ2n) is 5.06. The van der Waals surface area contributed by atoms with Crippen LogP contribution in [-0.4, -0.2) is 16.8 Å². The van der Waals surface area contributed by atoms with Gasteiger partial charge in [0.05, 0.1) is 17.4 Å². The summed E-state index contributed by atoms with van der Waals surface area (Å²) < 4.78 is 4.94. The van der Waals surface area contributed by atoms with Crippen molar-refractivity contribution in [1.29, 1.82) is 0 Å². The number of furan rings is 1. The lowest BCUT2D eigenvalue weighted by molar-refractivity contribution is 0.0874. The first-order valence-electron chi connectivity index (χ1n) is 6.06. The van der Waals surface area contributed by atoms with Crippen molar-refractivity contribution in [3.05, 3.63) is 24.2 Å². The highest BCUT2D eigenvalue weighted by Gasteiger charge is 2.34. The van der Waals surface area contributed by atoms with E-state index in [0.29, 0.717) is 5.56 Å². The summed E-state index contributed by atoms with van der Waals surface area (Å²) in [6.45, 7) is 2.27. The molecule has 0 aliphatic heterocycles. The summed E-state index contributed by atoms with van der Waals surface area (Å²) in [5.41, 5.74) is 0.518. The lowest BCUT2D eigenvalue weighted by Gasteiger charge is -2.38. The lowest BCUT2D eigenvalue weighted by Crippen LogP contribution is -2.51. The van der Waals surface area contributed by atoms with Crippen molar-refractivity contribution in [2.75, 3.05) is 5.33 Å². The Labute approximate surface area is 110 Å². The molecule has 1 aliphatic carbocycles. The Morgan fingerprint density at radius 1 is 1.59 bits per heavy atom. The highest BCUT2D eigenvalue weighted by Crippen LogP contribution is 2.33. The van der Waals surface area contributed by atoms with Crippen LogP contribution in [-0.2, 0) is 0 Å². The van der Waals surface area contributed by atoms with Gasteiger partial charge in [-0.25, -0.2) is 0 Å². The molecular weight excluding hydrogens is 282 g/mol. The summed E-state index contributed by atoms with van der Waals surface area (Å²) in [5, 5.41) is 3.97. The molecule has 4 heteroatoms. The van der Waals surface area contributed by atoms with E-state index in [1.807, 2.05) is 0 Å². The van der Waals surface area contributed by atoms with Crippen molar-refractivity contribution in [2.24, 2.45) is 5.92 Å². The maximum atomic E-state index is 12.0. The number of alkyl halides is 1. The molecule has 2 rings (SSSR count). The molecule has 0 atom stereocenters. The van der Waals surface area contributed by atoms with Crippen molar-refractivity contribution in [3.8, 4) is 0 Å². The number of rotatable bonds is 3. The van der Waals surface area contributed by atoms with Crippen molar-refractivity contribution in [2.45, 2.75) is 38.1 Å². The molecule has 3 nitrogen and oxygen atoms in total. The van der Waals surface area contributed by atoms with Gasteiger partial charge < -0.3 is 9.73 Å². The maximum Gasteiger partial charge on any atom is 0.254 e. The molecule has 0 saturated heterocycles. The number of hydrogen-bond acceptors (Lipinski definition) is 2. The molecule has 1 fully saturated rings. The molecule has 1 aliphatic rings. The molecule has 1 saturated carbocycles. The van der Waals surface area contributed by atoms with Crippen LogP contribution in [0.15, 0.2) is 23.0 Å². The maximum absolute atomic E-state index is 12.0. The molecule has 1 aromatic heterocycles. The van der Waals surface area contributed by atoms with Gasteiger partial charge >= 0.3 is 0 Å². The Balaban J connectivity index is 2.02. The first kappa shape index (κ1) is 12.7. The number of halogens is 1. The van der Waals surface area contributed by atoms with Crippen LogP contribution in [0.5, 0.6) is 0 Å². The normalized spacial score (nSPS) is 28.9. The molecule has 0 spiro atoms. The van der Waals surface area contributed by atoms with Crippen LogP contribution in [0.3, 0.4) is 0 Å². The second-order valence-corrected chi connectivity index (χ2v) is 5.62. The van der Waals surface area contributed by atoms with E-state index in [1.165, 1.54) is 25.4 Å². The summed E-state index contributed by atoms with van der Waals surface area (Å²) in [5.74, 6) is 0.737. The zero-order chi connectivity index (χ0) is 12.3. The number of carbonyl (C=O) groups is 1. The smallest absolute Gasteiger partial charge is 0.254 e. The molecular formula is C13H18BrNO2. The van der Waals surface area contributed by atoms with E-state index in [9.17, 15) is 4.79 Å². The van der Waals surface area contributed by atoms with E-state index in [0.717, 1.165) is 24.1 Å². The third kappa shape index (κ3) is 2.92. The highest BCUT2D eigenvalue weighted by molar-refractivity contribution is 9.09. The quantitative estimate of drug-likeness (QED) is 0.870. The summed E-state index contributed by atoms with van der Waals surface area (Å²) in [6.07, 6.45) is 7.46. The fraction of sp³-hybridized carbons (Fsp3) is 0.615. The average molecular weight is 300 g/mol. The van der Waals surface area contributed by atoms with Gasteiger partial charge in [-0.2, -0.15) is 0 Å². The van der Waals surface area contributed by atoms with Crippen molar-refractivity contribution >= 4 is 21.8 Å². The molecule has 0 unspecified atom stereocenters. The van der Waals surface area contributed by atoms with Crippen LogP contribution in [0.4, 0.5) is 0 Å². The van der Waals surface area contributed by atoms with Gasteiger partial charge in [0.1, 0.15) is 6.26 Å². The van der Waals surface area contributed by atoms with Gasteiger partial charge in [0.25, 0.3) is 5.91 Å². The topological polar surface area (TPSA) is 42.2 Å². The standard InChI is InChI=1S/C13H18BrNO2/c1-10-2-5-13(9-14,6-3-10)15-12(16)11-4-7-17-8-11/h4,7-8,10H,2-3,5-6,9H2,1H3,(H,15,16). The Morgan fingerprint density at radius 3 is 2.82 bits per heavy atom. The largest absolute Gasteiger partial charge is 0.472 e. The van der Waals surface area contributed by atoms with Crippen LogP contribution in [0, 0.1) is 5.92 Å². The van der Waals surface area contributed by atoms with E-state index in [1.54, 1.807) is 6.07 Å². The highest BCUT2D eigenvalue weighted by atomic mass is 79.9. The fourth-order valence-electron chi connectivity index (χ4n) is 2.31. The van der Waals surface area contributed by atoms with Gasteiger partial charge in [0.2, 0.25) is 0 Å². The van der Waals surface area contributed by atoms with E-state index in [-0.39, 0.29) is 11.4 Å². The summed E-state index contributed by atoms with van der Waals surface area (Å²) in [6, 6.07) is 1.70. The molecule has 0 aromatic carbocycles. The van der Waals surface area contributed by atoms with Crippen molar-refractivity contribution in [1.82, 2.24) is 5.32 Å². The fourth-order valence-corrected chi connectivity index (χ4v) is 3.01. The van der Waals surface area contributed by atoms with Crippen LogP contribution in [0.2, 0.25) is 0 Å². The molecule has 1 aromatic rings. The number of nitrogens with one attached hydrogen (secondary N) is 1. The van der Waals surface area contributed by atoms with Gasteiger partial charge in [-0.05, 0) is 37.7 Å². The number of hydrogen-bond donors (Lipinski definition) is 1. The molecule has 1 N–H and O–H groups in total. The number of carbonyl (C=O) groups excluding carboxylic acids is 1. The van der Waals surface area contributed by atoms with E-state index in [2.05, 4.69) is 28.2 Å². The molecule has 94 valence electrons.